The second kappa shape index (κ2) is 4.75. The normalized spacial score (nSPS) is 10.4. The Morgan fingerprint density at radius 2 is 1.88 bits per heavy atom. The summed E-state index contributed by atoms with van der Waals surface area (Å²) in [5.74, 6) is 0.857. The van der Waals surface area contributed by atoms with Crippen molar-refractivity contribution in [1.82, 2.24) is 4.98 Å². The fourth-order valence-electron chi connectivity index (χ4n) is 1.88. The van der Waals surface area contributed by atoms with Gasteiger partial charge in [-0.3, -0.25) is 0 Å². The van der Waals surface area contributed by atoms with Crippen LogP contribution in [0.2, 0.25) is 0 Å². The van der Waals surface area contributed by atoms with Crippen LogP contribution in [-0.2, 0) is 0 Å². The average molecular weight is 249 g/mol. The van der Waals surface area contributed by atoms with Crippen LogP contribution in [-0.4, -0.2) is 19.2 Å². The van der Waals surface area contributed by atoms with Gasteiger partial charge < -0.3 is 9.47 Å². The van der Waals surface area contributed by atoms with Gasteiger partial charge in [0.1, 0.15) is 5.75 Å². The third kappa shape index (κ3) is 2.26. The van der Waals surface area contributed by atoms with E-state index in [9.17, 15) is 0 Å². The Balaban J connectivity index is 2.57. The SMILES string of the molecule is COc1nc(-c2c(C)cc(C)cc2OC)cs1. The first kappa shape index (κ1) is 11.9. The van der Waals surface area contributed by atoms with Gasteiger partial charge in [-0.2, -0.15) is 0 Å². The molecule has 0 radical (unpaired) electrons. The molecular weight excluding hydrogens is 234 g/mol. The first-order valence-corrected chi connectivity index (χ1v) is 6.18. The third-order valence-electron chi connectivity index (χ3n) is 2.58. The molecule has 1 aromatic heterocycles. The Morgan fingerprint density at radius 3 is 2.47 bits per heavy atom. The number of ether oxygens (including phenoxy) is 2. The first-order chi connectivity index (χ1) is 8.15. The van der Waals surface area contributed by atoms with E-state index in [1.54, 1.807) is 14.2 Å². The number of rotatable bonds is 3. The zero-order valence-corrected chi connectivity index (χ0v) is 11.2. The molecule has 17 heavy (non-hydrogen) atoms. The lowest BCUT2D eigenvalue weighted by Gasteiger charge is -2.10. The van der Waals surface area contributed by atoms with Crippen molar-refractivity contribution < 1.29 is 9.47 Å². The van der Waals surface area contributed by atoms with Gasteiger partial charge in [0.15, 0.2) is 0 Å². The van der Waals surface area contributed by atoms with E-state index in [0.717, 1.165) is 22.6 Å². The van der Waals surface area contributed by atoms with E-state index in [0.29, 0.717) is 5.19 Å². The fourth-order valence-corrected chi connectivity index (χ4v) is 2.51. The molecule has 0 N–H and O–H groups in total. The van der Waals surface area contributed by atoms with Crippen molar-refractivity contribution in [2.45, 2.75) is 13.8 Å². The standard InChI is InChI=1S/C13H15NO2S/c1-8-5-9(2)12(11(6-8)15-3)10-7-17-13(14-10)16-4/h5-7H,1-4H3. The molecule has 0 aliphatic heterocycles. The highest BCUT2D eigenvalue weighted by Crippen LogP contribution is 2.36. The monoisotopic (exact) mass is 249 g/mol. The van der Waals surface area contributed by atoms with Crippen molar-refractivity contribution in [2.24, 2.45) is 0 Å². The van der Waals surface area contributed by atoms with E-state index in [1.165, 1.54) is 16.9 Å². The predicted octanol–water partition coefficient (Wildman–Crippen LogP) is 3.44. The minimum Gasteiger partial charge on any atom is -0.496 e. The summed E-state index contributed by atoms with van der Waals surface area (Å²) in [5, 5.41) is 2.65. The van der Waals surface area contributed by atoms with Crippen LogP contribution in [0.15, 0.2) is 17.5 Å². The zero-order chi connectivity index (χ0) is 12.4. The molecule has 0 bridgehead atoms. The molecule has 1 aromatic carbocycles. The Hall–Kier alpha value is -1.55. The van der Waals surface area contributed by atoms with Gasteiger partial charge in [0.25, 0.3) is 5.19 Å². The Labute approximate surface area is 105 Å². The highest BCUT2D eigenvalue weighted by atomic mass is 32.1. The number of hydrogen-bond acceptors (Lipinski definition) is 4. The molecule has 0 fully saturated rings. The van der Waals surface area contributed by atoms with Crippen LogP contribution in [0.1, 0.15) is 11.1 Å². The second-order valence-corrected chi connectivity index (χ2v) is 4.68. The van der Waals surface area contributed by atoms with Crippen LogP contribution in [0.25, 0.3) is 11.3 Å². The van der Waals surface area contributed by atoms with E-state index in [4.69, 9.17) is 9.47 Å². The Kier molecular flexibility index (Phi) is 3.33. The summed E-state index contributed by atoms with van der Waals surface area (Å²) in [5.41, 5.74) is 4.29. The van der Waals surface area contributed by atoms with Gasteiger partial charge in [0.05, 0.1) is 19.9 Å². The third-order valence-corrected chi connectivity index (χ3v) is 3.38. The Morgan fingerprint density at radius 1 is 1.12 bits per heavy atom. The van der Waals surface area contributed by atoms with Crippen LogP contribution in [0.5, 0.6) is 10.9 Å². The largest absolute Gasteiger partial charge is 0.496 e. The molecule has 90 valence electrons. The molecule has 0 aliphatic rings. The van der Waals surface area contributed by atoms with Crippen molar-refractivity contribution in [3.05, 3.63) is 28.6 Å². The average Bonchev–Trinajstić information content (AvgIpc) is 2.76. The number of nitrogens with zero attached hydrogens (tertiary/aromatic N) is 1. The highest BCUT2D eigenvalue weighted by Gasteiger charge is 2.13. The number of methoxy groups -OCH3 is 2. The maximum atomic E-state index is 5.43. The highest BCUT2D eigenvalue weighted by molar-refractivity contribution is 7.11. The number of hydrogen-bond donors (Lipinski definition) is 0. The van der Waals surface area contributed by atoms with Crippen molar-refractivity contribution >= 4 is 11.3 Å². The number of thiazole rings is 1. The van der Waals surface area contributed by atoms with E-state index in [-0.39, 0.29) is 0 Å². The molecule has 0 aliphatic carbocycles. The molecule has 1 heterocycles. The summed E-state index contributed by atoms with van der Waals surface area (Å²) in [7, 11) is 3.31. The summed E-state index contributed by atoms with van der Waals surface area (Å²) >= 11 is 1.49. The number of aromatic nitrogens is 1. The molecule has 2 aromatic rings. The van der Waals surface area contributed by atoms with Gasteiger partial charge in [-0.05, 0) is 31.0 Å². The smallest absolute Gasteiger partial charge is 0.273 e. The number of benzene rings is 1. The predicted molar refractivity (Wildman–Crippen MR) is 70.1 cm³/mol. The molecule has 4 heteroatoms. The van der Waals surface area contributed by atoms with Crippen molar-refractivity contribution in [3.63, 3.8) is 0 Å². The van der Waals surface area contributed by atoms with Crippen LogP contribution in [0, 0.1) is 13.8 Å². The quantitative estimate of drug-likeness (QED) is 0.835. The van der Waals surface area contributed by atoms with Crippen LogP contribution in [0.3, 0.4) is 0 Å². The molecule has 0 atom stereocenters. The molecule has 0 unspecified atom stereocenters. The van der Waals surface area contributed by atoms with Gasteiger partial charge in [-0.25, -0.2) is 4.98 Å². The summed E-state index contributed by atoms with van der Waals surface area (Å²) in [6.45, 7) is 4.12. The second-order valence-electron chi connectivity index (χ2n) is 3.86. The van der Waals surface area contributed by atoms with E-state index in [2.05, 4.69) is 24.9 Å². The molecule has 0 saturated heterocycles. The van der Waals surface area contributed by atoms with Crippen LogP contribution < -0.4 is 9.47 Å². The van der Waals surface area contributed by atoms with Crippen molar-refractivity contribution in [2.75, 3.05) is 14.2 Å². The molecule has 0 amide bonds. The molecular formula is C13H15NO2S. The van der Waals surface area contributed by atoms with E-state index < -0.39 is 0 Å². The molecule has 0 spiro atoms. The first-order valence-electron chi connectivity index (χ1n) is 5.31. The summed E-state index contributed by atoms with van der Waals surface area (Å²) < 4.78 is 10.5. The molecule has 2 rings (SSSR count). The lowest BCUT2D eigenvalue weighted by Crippen LogP contribution is -1.93. The van der Waals surface area contributed by atoms with Crippen LogP contribution in [0.4, 0.5) is 0 Å². The van der Waals surface area contributed by atoms with Gasteiger partial charge in [0, 0.05) is 10.9 Å². The van der Waals surface area contributed by atoms with E-state index >= 15 is 0 Å². The lowest BCUT2D eigenvalue weighted by molar-refractivity contribution is 0.410. The minimum absolute atomic E-state index is 0.669. The lowest BCUT2D eigenvalue weighted by atomic mass is 10.0. The van der Waals surface area contributed by atoms with Gasteiger partial charge in [-0.15, -0.1) is 0 Å². The van der Waals surface area contributed by atoms with Crippen molar-refractivity contribution in [3.8, 4) is 22.2 Å². The zero-order valence-electron chi connectivity index (χ0n) is 10.4. The van der Waals surface area contributed by atoms with E-state index in [1.807, 2.05) is 11.4 Å². The minimum atomic E-state index is 0.669. The van der Waals surface area contributed by atoms with Crippen LogP contribution >= 0.6 is 11.3 Å². The fraction of sp³-hybridized carbons (Fsp3) is 0.308. The van der Waals surface area contributed by atoms with Crippen molar-refractivity contribution in [1.29, 1.82) is 0 Å². The topological polar surface area (TPSA) is 31.4 Å². The van der Waals surface area contributed by atoms with Gasteiger partial charge in [-0.1, -0.05) is 17.4 Å². The summed E-state index contributed by atoms with van der Waals surface area (Å²) in [6, 6.07) is 4.15. The molecule has 3 nitrogen and oxygen atoms in total. The van der Waals surface area contributed by atoms with Gasteiger partial charge in [0.2, 0.25) is 0 Å². The summed E-state index contributed by atoms with van der Waals surface area (Å²) in [4.78, 5) is 4.41. The molecule has 0 saturated carbocycles. The Bertz CT molecular complexity index is 534. The maximum absolute atomic E-state index is 5.43. The van der Waals surface area contributed by atoms with Gasteiger partial charge >= 0.3 is 0 Å². The summed E-state index contributed by atoms with van der Waals surface area (Å²) in [6.07, 6.45) is 0. The number of aryl methyl sites for hydroxylation is 2. The maximum Gasteiger partial charge on any atom is 0.273 e.